The minimum absolute atomic E-state index is 0.168. The van der Waals surface area contributed by atoms with Crippen molar-refractivity contribution in [1.82, 2.24) is 5.32 Å². The zero-order chi connectivity index (χ0) is 32.2. The molecule has 2 aromatic carbocycles. The molecule has 1 amide bonds. The average Bonchev–Trinajstić information content (AvgIpc) is 2.91. The van der Waals surface area contributed by atoms with Crippen LogP contribution >= 0.6 is 0 Å². The summed E-state index contributed by atoms with van der Waals surface area (Å²) in [5.74, 6) is -4.11. The molecule has 5 N–H and O–H groups in total. The van der Waals surface area contributed by atoms with Crippen molar-refractivity contribution in [3.63, 3.8) is 0 Å². The minimum atomic E-state index is -1.10. The number of hydrogen-bond acceptors (Lipinski definition) is 12. The molecule has 0 aliphatic heterocycles. The molecular weight excluding hydrogens is 566 g/mol. The van der Waals surface area contributed by atoms with Crippen molar-refractivity contribution in [3.8, 4) is 34.5 Å². The van der Waals surface area contributed by atoms with Crippen LogP contribution in [-0.4, -0.2) is 76.5 Å². The number of aromatic hydroxyl groups is 4. The van der Waals surface area contributed by atoms with Crippen LogP contribution in [0.2, 0.25) is 0 Å². The van der Waals surface area contributed by atoms with E-state index in [-0.39, 0.29) is 35.8 Å². The second-order valence-corrected chi connectivity index (χ2v) is 10.6. The summed E-state index contributed by atoms with van der Waals surface area (Å²) in [5.41, 5.74) is -1.25. The normalized spacial score (nSPS) is 11.1. The van der Waals surface area contributed by atoms with E-state index < -0.39 is 65.9 Å². The number of phenolic OH excluding ortho intramolecular Hbond substituents is 4. The second-order valence-electron chi connectivity index (χ2n) is 10.6. The highest BCUT2D eigenvalue weighted by Gasteiger charge is 2.24. The Morgan fingerprint density at radius 1 is 0.721 bits per heavy atom. The van der Waals surface area contributed by atoms with Crippen LogP contribution in [0.4, 0.5) is 4.79 Å². The maximum absolute atomic E-state index is 12.7. The summed E-state index contributed by atoms with van der Waals surface area (Å²) in [4.78, 5) is 37.8. The van der Waals surface area contributed by atoms with Gasteiger partial charge in [0.2, 0.25) is 11.5 Å². The third kappa shape index (κ3) is 11.3. The Morgan fingerprint density at radius 2 is 1.09 bits per heavy atom. The molecule has 0 spiro atoms. The first-order chi connectivity index (χ1) is 20.2. The van der Waals surface area contributed by atoms with Crippen LogP contribution in [0.1, 0.15) is 81.0 Å². The number of esters is 2. The number of nitrogens with one attached hydrogen (secondary N) is 1. The molecule has 2 aromatic rings. The predicted octanol–water partition coefficient (Wildman–Crippen LogP) is 4.77. The van der Waals surface area contributed by atoms with Crippen LogP contribution in [0.5, 0.6) is 34.5 Å². The summed E-state index contributed by atoms with van der Waals surface area (Å²) in [6.07, 6.45) is 2.19. The van der Waals surface area contributed by atoms with E-state index >= 15 is 0 Å². The number of rotatable bonds is 15. The van der Waals surface area contributed by atoms with E-state index in [1.807, 2.05) is 13.8 Å². The number of phenols is 4. The van der Waals surface area contributed by atoms with E-state index in [4.69, 9.17) is 23.7 Å². The molecule has 43 heavy (non-hydrogen) atoms. The highest BCUT2D eigenvalue weighted by atomic mass is 16.6. The molecule has 0 aliphatic carbocycles. The van der Waals surface area contributed by atoms with Crippen molar-refractivity contribution < 1.29 is 58.5 Å². The molecule has 0 bridgehead atoms. The number of alkyl carbamates (subject to hydrolysis) is 1. The van der Waals surface area contributed by atoms with Crippen LogP contribution in [0.15, 0.2) is 24.3 Å². The lowest BCUT2D eigenvalue weighted by Crippen LogP contribution is -2.44. The molecule has 238 valence electrons. The van der Waals surface area contributed by atoms with Gasteiger partial charge in [-0.3, -0.25) is 0 Å². The topological polar surface area (TPSA) is 190 Å². The van der Waals surface area contributed by atoms with Crippen molar-refractivity contribution in [1.29, 1.82) is 0 Å². The number of carbonyl (C=O) groups excluding carboxylic acids is 3. The van der Waals surface area contributed by atoms with Crippen LogP contribution in [0, 0.1) is 0 Å². The minimum Gasteiger partial charge on any atom is -0.504 e. The highest BCUT2D eigenvalue weighted by Crippen LogP contribution is 2.38. The standard InChI is InChI=1S/C30H41NO12/c1-6-8-10-39-25-21(32)12-18(13-22(25)33)27(36)41-16-20(31-29(38)43-30(3,4)5)17-42-28(37)19-14-23(34)26(24(35)15-19)40-11-9-7-2/h12-15,20,32-35H,6-11,16-17H2,1-5H3,(H,31,38). The third-order valence-corrected chi connectivity index (χ3v) is 5.61. The van der Waals surface area contributed by atoms with Gasteiger partial charge in [0.25, 0.3) is 0 Å². The summed E-state index contributed by atoms with van der Waals surface area (Å²) in [7, 11) is 0. The predicted molar refractivity (Wildman–Crippen MR) is 154 cm³/mol. The molecule has 0 fully saturated rings. The van der Waals surface area contributed by atoms with Gasteiger partial charge in [-0.25, -0.2) is 14.4 Å². The molecule has 13 heteroatoms. The summed E-state index contributed by atoms with van der Waals surface area (Å²) in [6, 6.07) is 3.16. The number of carbonyl (C=O) groups is 3. The van der Waals surface area contributed by atoms with E-state index in [0.717, 1.165) is 37.1 Å². The van der Waals surface area contributed by atoms with Crippen molar-refractivity contribution >= 4 is 18.0 Å². The first kappa shape index (κ1) is 34.7. The second kappa shape index (κ2) is 16.2. The Morgan fingerprint density at radius 3 is 1.42 bits per heavy atom. The molecule has 0 radical (unpaired) electrons. The van der Waals surface area contributed by atoms with Gasteiger partial charge in [0.15, 0.2) is 23.0 Å². The van der Waals surface area contributed by atoms with Crippen LogP contribution in [-0.2, 0) is 14.2 Å². The smallest absolute Gasteiger partial charge is 0.408 e. The van der Waals surface area contributed by atoms with E-state index in [1.165, 1.54) is 0 Å². The maximum Gasteiger partial charge on any atom is 0.408 e. The quantitative estimate of drug-likeness (QED) is 0.106. The van der Waals surface area contributed by atoms with Gasteiger partial charge in [-0.05, 0) is 57.9 Å². The van der Waals surface area contributed by atoms with Crippen LogP contribution in [0.25, 0.3) is 0 Å². The summed E-state index contributed by atoms with van der Waals surface area (Å²) in [6.45, 7) is 8.35. The molecule has 0 unspecified atom stereocenters. The summed E-state index contributed by atoms with van der Waals surface area (Å²) in [5, 5.41) is 43.3. The van der Waals surface area contributed by atoms with E-state index in [1.54, 1.807) is 20.8 Å². The van der Waals surface area contributed by atoms with E-state index in [0.29, 0.717) is 12.8 Å². The number of ether oxygens (including phenoxy) is 5. The van der Waals surface area contributed by atoms with Crippen LogP contribution in [0.3, 0.4) is 0 Å². The van der Waals surface area contributed by atoms with Gasteiger partial charge in [-0.15, -0.1) is 0 Å². The third-order valence-electron chi connectivity index (χ3n) is 5.61. The highest BCUT2D eigenvalue weighted by molar-refractivity contribution is 5.92. The fourth-order valence-electron chi connectivity index (χ4n) is 3.49. The Bertz CT molecular complexity index is 1130. The number of amides is 1. The summed E-state index contributed by atoms with van der Waals surface area (Å²) >= 11 is 0. The molecule has 0 heterocycles. The lowest BCUT2D eigenvalue weighted by Gasteiger charge is -2.23. The van der Waals surface area contributed by atoms with E-state index in [2.05, 4.69) is 5.32 Å². The average molecular weight is 608 g/mol. The first-order valence-electron chi connectivity index (χ1n) is 14.0. The van der Waals surface area contributed by atoms with Gasteiger partial charge in [0, 0.05) is 0 Å². The Labute approximate surface area is 250 Å². The molecular formula is C30H41NO12. The van der Waals surface area contributed by atoms with Gasteiger partial charge in [-0.2, -0.15) is 0 Å². The van der Waals surface area contributed by atoms with Gasteiger partial charge in [-0.1, -0.05) is 26.7 Å². The zero-order valence-electron chi connectivity index (χ0n) is 25.1. The molecule has 2 rings (SSSR count). The van der Waals surface area contributed by atoms with Crippen molar-refractivity contribution in [2.75, 3.05) is 26.4 Å². The zero-order valence-corrected chi connectivity index (χ0v) is 25.1. The lowest BCUT2D eigenvalue weighted by atomic mass is 10.2. The number of benzene rings is 2. The van der Waals surface area contributed by atoms with Gasteiger partial charge >= 0.3 is 18.0 Å². The largest absolute Gasteiger partial charge is 0.504 e. The lowest BCUT2D eigenvalue weighted by molar-refractivity contribution is 0.0229. The van der Waals surface area contributed by atoms with Gasteiger partial charge in [0.05, 0.1) is 24.3 Å². The van der Waals surface area contributed by atoms with Crippen molar-refractivity contribution in [3.05, 3.63) is 35.4 Å². The molecule has 0 aromatic heterocycles. The molecule has 0 saturated carbocycles. The molecule has 0 saturated heterocycles. The van der Waals surface area contributed by atoms with E-state index in [9.17, 15) is 34.8 Å². The first-order valence-corrected chi connectivity index (χ1v) is 14.0. The molecule has 0 atom stereocenters. The Kier molecular flexibility index (Phi) is 13.0. The Balaban J connectivity index is 2.12. The number of hydrogen-bond donors (Lipinski definition) is 5. The monoisotopic (exact) mass is 607 g/mol. The molecule has 13 nitrogen and oxygen atoms in total. The Hall–Kier alpha value is -4.55. The molecule has 0 aliphatic rings. The maximum atomic E-state index is 12.7. The van der Waals surface area contributed by atoms with Gasteiger partial charge in [0.1, 0.15) is 24.9 Å². The fraction of sp³-hybridized carbons (Fsp3) is 0.500. The van der Waals surface area contributed by atoms with Crippen LogP contribution < -0.4 is 14.8 Å². The summed E-state index contributed by atoms with van der Waals surface area (Å²) < 4.78 is 26.4. The number of unbranched alkanes of at least 4 members (excludes halogenated alkanes) is 2. The van der Waals surface area contributed by atoms with Gasteiger partial charge < -0.3 is 49.4 Å². The fourth-order valence-corrected chi connectivity index (χ4v) is 3.49. The van der Waals surface area contributed by atoms with Crippen molar-refractivity contribution in [2.24, 2.45) is 0 Å². The van der Waals surface area contributed by atoms with Crippen molar-refractivity contribution in [2.45, 2.75) is 71.9 Å². The SMILES string of the molecule is CCCCOc1c(O)cc(C(=O)OCC(COC(=O)c2cc(O)c(OCCCC)c(O)c2)NC(=O)OC(C)(C)C)cc1O.